The number of hydrogen-bond acceptors (Lipinski definition) is 1. The molecule has 0 saturated heterocycles. The Kier molecular flexibility index (Phi) is 4.60. The van der Waals surface area contributed by atoms with Crippen molar-refractivity contribution >= 4 is 32.6 Å². The van der Waals surface area contributed by atoms with Crippen molar-refractivity contribution in [2.45, 2.75) is 19.3 Å². The normalized spacial score (nSPS) is 13.8. The van der Waals surface area contributed by atoms with Crippen molar-refractivity contribution in [3.8, 4) is 28.3 Å². The largest absolute Gasteiger partial charge is 0.457 e. The minimum Gasteiger partial charge on any atom is -0.457 e. The van der Waals surface area contributed by atoms with Crippen LogP contribution in [0.4, 0.5) is 0 Å². The van der Waals surface area contributed by atoms with Crippen LogP contribution in [0.2, 0.25) is 0 Å². The van der Waals surface area contributed by atoms with Gasteiger partial charge in [0.1, 0.15) is 11.5 Å². The molecule has 6 aromatic carbocycles. The van der Waals surface area contributed by atoms with Gasteiger partial charge in [0.25, 0.3) is 0 Å². The Balaban J connectivity index is 1.25. The van der Waals surface area contributed by atoms with Gasteiger partial charge in [-0.3, -0.25) is 0 Å². The molecule has 0 atom stereocenters. The van der Waals surface area contributed by atoms with E-state index in [0.29, 0.717) is 0 Å². The molecule has 2 heterocycles. The Labute approximate surface area is 227 Å². The van der Waals surface area contributed by atoms with Crippen molar-refractivity contribution in [3.05, 3.63) is 139 Å². The lowest BCUT2D eigenvalue weighted by Gasteiger charge is -2.34. The molecule has 0 fully saturated rings. The Morgan fingerprint density at radius 2 is 1.18 bits per heavy atom. The van der Waals surface area contributed by atoms with E-state index in [1.807, 2.05) is 6.07 Å². The van der Waals surface area contributed by atoms with E-state index in [0.717, 1.165) is 17.2 Å². The Bertz CT molecular complexity index is 2060. The van der Waals surface area contributed by atoms with Crippen molar-refractivity contribution in [2.24, 2.45) is 0 Å². The Hall–Kier alpha value is -4.82. The van der Waals surface area contributed by atoms with Gasteiger partial charge >= 0.3 is 0 Å². The van der Waals surface area contributed by atoms with Crippen molar-refractivity contribution in [1.29, 1.82) is 0 Å². The molecule has 8 rings (SSSR count). The number of aromatic nitrogens is 1. The highest BCUT2D eigenvalue weighted by Crippen LogP contribution is 2.48. The lowest BCUT2D eigenvalue weighted by atomic mass is 9.75. The first-order valence-corrected chi connectivity index (χ1v) is 13.5. The van der Waals surface area contributed by atoms with Crippen LogP contribution in [0, 0.1) is 0 Å². The number of ether oxygens (including phenoxy) is 1. The topological polar surface area (TPSA) is 14.2 Å². The van der Waals surface area contributed by atoms with Crippen LogP contribution in [-0.4, -0.2) is 4.57 Å². The van der Waals surface area contributed by atoms with Gasteiger partial charge in [-0.1, -0.05) is 92.7 Å². The summed E-state index contributed by atoms with van der Waals surface area (Å²) in [6.07, 6.45) is 0. The van der Waals surface area contributed by atoms with E-state index in [1.165, 1.54) is 54.8 Å². The molecular formula is C37H27NO. The van der Waals surface area contributed by atoms with Gasteiger partial charge in [0.15, 0.2) is 0 Å². The summed E-state index contributed by atoms with van der Waals surface area (Å²) in [7, 11) is 0. The average Bonchev–Trinajstić information content (AvgIpc) is 3.29. The fourth-order valence-electron chi connectivity index (χ4n) is 6.36. The minimum absolute atomic E-state index is 0.133. The van der Waals surface area contributed by atoms with Gasteiger partial charge < -0.3 is 9.30 Å². The molecule has 2 heteroatoms. The molecule has 186 valence electrons. The van der Waals surface area contributed by atoms with Gasteiger partial charge in [-0.2, -0.15) is 0 Å². The summed E-state index contributed by atoms with van der Waals surface area (Å²) in [5, 5.41) is 5.08. The maximum absolute atomic E-state index is 6.28. The zero-order chi connectivity index (χ0) is 26.1. The van der Waals surface area contributed by atoms with E-state index >= 15 is 0 Å². The maximum atomic E-state index is 6.28. The molecule has 0 amide bonds. The monoisotopic (exact) mass is 501 g/mol. The van der Waals surface area contributed by atoms with Crippen LogP contribution in [0.3, 0.4) is 0 Å². The van der Waals surface area contributed by atoms with Crippen LogP contribution in [-0.2, 0) is 5.41 Å². The first kappa shape index (κ1) is 22.2. The molecule has 1 aromatic heterocycles. The molecular weight excluding hydrogens is 474 g/mol. The molecule has 1 aliphatic rings. The number of hydrogen-bond donors (Lipinski definition) is 0. The van der Waals surface area contributed by atoms with Crippen molar-refractivity contribution in [2.75, 3.05) is 0 Å². The second-order valence-corrected chi connectivity index (χ2v) is 11.1. The number of nitrogens with zero attached hydrogens (tertiary/aromatic N) is 1. The first-order valence-electron chi connectivity index (χ1n) is 13.5. The van der Waals surface area contributed by atoms with Gasteiger partial charge in [-0.15, -0.1) is 0 Å². The zero-order valence-electron chi connectivity index (χ0n) is 22.0. The summed E-state index contributed by atoms with van der Waals surface area (Å²) >= 11 is 0. The number of rotatable bonds is 2. The Morgan fingerprint density at radius 3 is 2.03 bits per heavy atom. The van der Waals surface area contributed by atoms with Gasteiger partial charge in [-0.25, -0.2) is 0 Å². The van der Waals surface area contributed by atoms with E-state index in [9.17, 15) is 0 Å². The molecule has 0 bridgehead atoms. The van der Waals surface area contributed by atoms with E-state index in [4.69, 9.17) is 4.74 Å². The molecule has 1 aliphatic heterocycles. The summed E-state index contributed by atoms with van der Waals surface area (Å²) in [5.74, 6) is 1.89. The number of fused-ring (bicyclic) bond motifs is 6. The minimum atomic E-state index is -0.133. The van der Waals surface area contributed by atoms with Crippen LogP contribution < -0.4 is 4.74 Å². The first-order chi connectivity index (χ1) is 19.1. The SMILES string of the molecule is CC1(C)c2ccccc2Oc2ccc(-c3ccc(-n4c5ccccc5c5cc6ccccc6cc54)cc3)cc21. The van der Waals surface area contributed by atoms with Crippen LogP contribution in [0.1, 0.15) is 25.0 Å². The van der Waals surface area contributed by atoms with Crippen molar-refractivity contribution in [1.82, 2.24) is 4.57 Å². The maximum Gasteiger partial charge on any atom is 0.131 e. The molecule has 0 saturated carbocycles. The number of para-hydroxylation sites is 2. The summed E-state index contributed by atoms with van der Waals surface area (Å²) in [6.45, 7) is 4.57. The molecule has 0 aliphatic carbocycles. The molecule has 0 N–H and O–H groups in total. The third kappa shape index (κ3) is 3.28. The van der Waals surface area contributed by atoms with Gasteiger partial charge in [0.05, 0.1) is 11.0 Å². The van der Waals surface area contributed by atoms with Gasteiger partial charge in [-0.05, 0) is 70.4 Å². The van der Waals surface area contributed by atoms with Crippen molar-refractivity contribution in [3.63, 3.8) is 0 Å². The predicted molar refractivity (Wildman–Crippen MR) is 162 cm³/mol. The standard InChI is InChI=1S/C37H27NO/c1-37(2)31-12-6-8-14-35(31)39-36-20-17-27(22-32(36)37)24-15-18-28(19-16-24)38-33-13-7-5-11-29(33)30-21-25-9-3-4-10-26(25)23-34(30)38/h3-23H,1-2H3. The second-order valence-electron chi connectivity index (χ2n) is 11.1. The predicted octanol–water partition coefficient (Wildman–Crippen LogP) is 10.0. The zero-order valence-corrected chi connectivity index (χ0v) is 22.0. The van der Waals surface area contributed by atoms with Crippen LogP contribution in [0.25, 0.3) is 49.4 Å². The summed E-state index contributed by atoms with van der Waals surface area (Å²) in [6, 6.07) is 45.9. The fraction of sp³-hybridized carbons (Fsp3) is 0.0811. The fourth-order valence-corrected chi connectivity index (χ4v) is 6.36. The molecule has 0 unspecified atom stereocenters. The summed E-state index contributed by atoms with van der Waals surface area (Å²) < 4.78 is 8.67. The van der Waals surface area contributed by atoms with Crippen LogP contribution in [0.15, 0.2) is 127 Å². The van der Waals surface area contributed by atoms with Crippen LogP contribution in [0.5, 0.6) is 11.5 Å². The highest BCUT2D eigenvalue weighted by molar-refractivity contribution is 6.13. The van der Waals surface area contributed by atoms with E-state index in [2.05, 4.69) is 140 Å². The van der Waals surface area contributed by atoms with Gasteiger partial charge in [0, 0.05) is 33.0 Å². The molecule has 0 radical (unpaired) electrons. The molecule has 2 nitrogen and oxygen atoms in total. The summed E-state index contributed by atoms with van der Waals surface area (Å²) in [5.41, 5.74) is 8.32. The number of benzene rings is 6. The van der Waals surface area contributed by atoms with Crippen molar-refractivity contribution < 1.29 is 4.74 Å². The van der Waals surface area contributed by atoms with Crippen LogP contribution >= 0.6 is 0 Å². The summed E-state index contributed by atoms with van der Waals surface area (Å²) in [4.78, 5) is 0. The Morgan fingerprint density at radius 1 is 0.513 bits per heavy atom. The molecule has 0 spiro atoms. The lowest BCUT2D eigenvalue weighted by molar-refractivity contribution is 0.418. The highest BCUT2D eigenvalue weighted by atomic mass is 16.5. The van der Waals surface area contributed by atoms with E-state index < -0.39 is 0 Å². The highest BCUT2D eigenvalue weighted by Gasteiger charge is 2.34. The molecule has 7 aromatic rings. The average molecular weight is 502 g/mol. The van der Waals surface area contributed by atoms with E-state index in [-0.39, 0.29) is 5.41 Å². The van der Waals surface area contributed by atoms with E-state index in [1.54, 1.807) is 0 Å². The second kappa shape index (κ2) is 8.09. The molecule has 39 heavy (non-hydrogen) atoms. The smallest absolute Gasteiger partial charge is 0.131 e. The van der Waals surface area contributed by atoms with Gasteiger partial charge in [0.2, 0.25) is 0 Å². The lowest BCUT2D eigenvalue weighted by Crippen LogP contribution is -2.24. The quantitative estimate of drug-likeness (QED) is 0.230. The third-order valence-electron chi connectivity index (χ3n) is 8.43. The third-order valence-corrected chi connectivity index (χ3v) is 8.43.